The lowest BCUT2D eigenvalue weighted by Crippen LogP contribution is -2.38. The summed E-state index contributed by atoms with van der Waals surface area (Å²) in [6.45, 7) is 3.98. The second kappa shape index (κ2) is 11.4. The highest BCUT2D eigenvalue weighted by Gasteiger charge is 2.02. The fourth-order valence-electron chi connectivity index (χ4n) is 2.62. The van der Waals surface area contributed by atoms with E-state index in [1.807, 2.05) is 37.4 Å². The van der Waals surface area contributed by atoms with Crippen molar-refractivity contribution in [3.63, 3.8) is 0 Å². The summed E-state index contributed by atoms with van der Waals surface area (Å²) in [5.41, 5.74) is 1.99. The summed E-state index contributed by atoms with van der Waals surface area (Å²) < 4.78 is 15.0. The molecular weight excluding hydrogens is 470 g/mol. The Morgan fingerprint density at radius 2 is 2.00 bits per heavy atom. The molecule has 1 aromatic carbocycles. The van der Waals surface area contributed by atoms with E-state index >= 15 is 0 Å². The molecule has 0 spiro atoms. The van der Waals surface area contributed by atoms with Crippen molar-refractivity contribution in [2.24, 2.45) is 4.99 Å². The van der Waals surface area contributed by atoms with Gasteiger partial charge in [0.2, 0.25) is 0 Å². The first kappa shape index (κ1) is 21.8. The number of nitrogens with one attached hydrogen (secondary N) is 2. The summed E-state index contributed by atoms with van der Waals surface area (Å²) in [6.07, 6.45) is 6.05. The van der Waals surface area contributed by atoms with E-state index in [1.165, 1.54) is 6.07 Å². The molecule has 0 fully saturated rings. The average Bonchev–Trinajstić information content (AvgIpc) is 3.21. The Balaban J connectivity index is 0.00000280. The third kappa shape index (κ3) is 6.59. The van der Waals surface area contributed by atoms with Gasteiger partial charge in [0.1, 0.15) is 5.82 Å². The lowest BCUT2D eigenvalue weighted by atomic mass is 10.1. The number of hydrogen-bond acceptors (Lipinski definition) is 3. The number of halogens is 2. The number of nitrogens with zero attached hydrogens (tertiary/aromatic N) is 4. The number of pyridine rings is 1. The number of hydrogen-bond donors (Lipinski definition) is 2. The van der Waals surface area contributed by atoms with Gasteiger partial charge in [-0.2, -0.15) is 5.10 Å². The molecule has 2 heterocycles. The van der Waals surface area contributed by atoms with Gasteiger partial charge in [-0.3, -0.25) is 0 Å². The third-order valence-electron chi connectivity index (χ3n) is 3.91. The van der Waals surface area contributed by atoms with Gasteiger partial charge in [0.25, 0.3) is 0 Å². The number of aliphatic imine (C=N–C) groups is 1. The highest BCUT2D eigenvalue weighted by molar-refractivity contribution is 14.0. The van der Waals surface area contributed by atoms with Gasteiger partial charge < -0.3 is 10.6 Å². The Morgan fingerprint density at radius 3 is 2.75 bits per heavy atom. The second-order valence-electron chi connectivity index (χ2n) is 5.97. The van der Waals surface area contributed by atoms with Crippen LogP contribution in [0.5, 0.6) is 0 Å². The molecule has 2 aromatic heterocycles. The van der Waals surface area contributed by atoms with Crippen LogP contribution in [0.2, 0.25) is 0 Å². The van der Waals surface area contributed by atoms with Crippen LogP contribution in [0.15, 0.2) is 66.0 Å². The molecule has 0 unspecified atom stereocenters. The van der Waals surface area contributed by atoms with Crippen molar-refractivity contribution in [1.29, 1.82) is 0 Å². The maximum atomic E-state index is 13.2. The van der Waals surface area contributed by atoms with E-state index in [9.17, 15) is 4.39 Å². The maximum Gasteiger partial charge on any atom is 0.191 e. The molecule has 0 aliphatic carbocycles. The van der Waals surface area contributed by atoms with Crippen molar-refractivity contribution in [1.82, 2.24) is 25.4 Å². The fourth-order valence-corrected chi connectivity index (χ4v) is 2.62. The number of benzene rings is 1. The van der Waals surface area contributed by atoms with Crippen LogP contribution in [0.3, 0.4) is 0 Å². The minimum atomic E-state index is -0.209. The van der Waals surface area contributed by atoms with E-state index in [1.54, 1.807) is 29.2 Å². The molecule has 3 rings (SSSR count). The average molecular weight is 494 g/mol. The molecule has 28 heavy (non-hydrogen) atoms. The van der Waals surface area contributed by atoms with Gasteiger partial charge >= 0.3 is 0 Å². The van der Waals surface area contributed by atoms with Gasteiger partial charge in [0.15, 0.2) is 11.8 Å². The summed E-state index contributed by atoms with van der Waals surface area (Å²) in [7, 11) is 0. The van der Waals surface area contributed by atoms with Crippen molar-refractivity contribution >= 4 is 29.9 Å². The van der Waals surface area contributed by atoms with Crippen LogP contribution in [0, 0.1) is 5.82 Å². The molecule has 0 atom stereocenters. The molecule has 2 N–H and O–H groups in total. The zero-order valence-electron chi connectivity index (χ0n) is 15.7. The molecule has 8 heteroatoms. The molecule has 0 aliphatic heterocycles. The second-order valence-corrected chi connectivity index (χ2v) is 5.97. The topological polar surface area (TPSA) is 67.1 Å². The van der Waals surface area contributed by atoms with Crippen LogP contribution >= 0.6 is 24.0 Å². The number of rotatable bonds is 7. The Kier molecular flexibility index (Phi) is 8.86. The van der Waals surface area contributed by atoms with Gasteiger partial charge in [-0.15, -0.1) is 24.0 Å². The number of aromatic nitrogens is 3. The first-order valence-electron chi connectivity index (χ1n) is 8.96. The SMILES string of the molecule is CCNC(=NCc1ccnc(-n2cccn2)c1)NCCc1cccc(F)c1.I. The van der Waals surface area contributed by atoms with Crippen molar-refractivity contribution in [3.05, 3.63) is 78.0 Å². The minimum absolute atomic E-state index is 0. The summed E-state index contributed by atoms with van der Waals surface area (Å²) >= 11 is 0. The zero-order chi connectivity index (χ0) is 18.9. The minimum Gasteiger partial charge on any atom is -0.357 e. The Hall–Kier alpha value is -2.49. The van der Waals surface area contributed by atoms with Crippen LogP contribution < -0.4 is 10.6 Å². The van der Waals surface area contributed by atoms with Crippen LogP contribution in [0.4, 0.5) is 4.39 Å². The molecule has 0 radical (unpaired) electrons. The van der Waals surface area contributed by atoms with E-state index in [0.717, 1.165) is 35.9 Å². The van der Waals surface area contributed by atoms with Crippen LogP contribution in [-0.2, 0) is 13.0 Å². The summed E-state index contributed by atoms with van der Waals surface area (Å²) in [6, 6.07) is 12.4. The standard InChI is InChI=1S/C20H23FN6.HI/c1-2-22-20(24-11-7-16-5-3-6-18(21)13-16)25-15-17-8-10-23-19(14-17)27-12-4-9-26-27;/h3-6,8-10,12-14H,2,7,11,15H2,1H3,(H2,22,24,25);1H. The van der Waals surface area contributed by atoms with Gasteiger partial charge in [-0.05, 0) is 54.8 Å². The molecule has 148 valence electrons. The third-order valence-corrected chi connectivity index (χ3v) is 3.91. The predicted octanol–water partition coefficient (Wildman–Crippen LogP) is 3.32. The van der Waals surface area contributed by atoms with Gasteiger partial charge in [0.05, 0.1) is 6.54 Å². The maximum absolute atomic E-state index is 13.2. The van der Waals surface area contributed by atoms with E-state index in [4.69, 9.17) is 0 Å². The van der Waals surface area contributed by atoms with Crippen LogP contribution in [0.25, 0.3) is 5.82 Å². The van der Waals surface area contributed by atoms with Crippen molar-refractivity contribution in [2.45, 2.75) is 19.9 Å². The highest BCUT2D eigenvalue weighted by atomic mass is 127. The monoisotopic (exact) mass is 494 g/mol. The fraction of sp³-hybridized carbons (Fsp3) is 0.250. The molecular formula is C20H24FIN6. The first-order chi connectivity index (χ1) is 13.2. The van der Waals surface area contributed by atoms with Crippen LogP contribution in [0.1, 0.15) is 18.1 Å². The highest BCUT2D eigenvalue weighted by Crippen LogP contribution is 2.07. The van der Waals surface area contributed by atoms with Crippen LogP contribution in [-0.4, -0.2) is 33.8 Å². The Labute approximate surface area is 181 Å². The molecule has 0 bridgehead atoms. The smallest absolute Gasteiger partial charge is 0.191 e. The normalized spacial score (nSPS) is 11.0. The van der Waals surface area contributed by atoms with Crippen molar-refractivity contribution < 1.29 is 4.39 Å². The quantitative estimate of drug-likeness (QED) is 0.301. The zero-order valence-corrected chi connectivity index (χ0v) is 18.0. The molecule has 0 aliphatic rings. The van der Waals surface area contributed by atoms with E-state index in [0.29, 0.717) is 13.1 Å². The molecule has 6 nitrogen and oxygen atoms in total. The summed E-state index contributed by atoms with van der Waals surface area (Å²) in [5, 5.41) is 10.7. The lowest BCUT2D eigenvalue weighted by molar-refractivity contribution is 0.625. The lowest BCUT2D eigenvalue weighted by Gasteiger charge is -2.11. The predicted molar refractivity (Wildman–Crippen MR) is 120 cm³/mol. The Morgan fingerprint density at radius 1 is 1.11 bits per heavy atom. The van der Waals surface area contributed by atoms with Crippen molar-refractivity contribution in [2.75, 3.05) is 13.1 Å². The summed E-state index contributed by atoms with van der Waals surface area (Å²) in [5.74, 6) is 1.28. The van der Waals surface area contributed by atoms with Crippen molar-refractivity contribution in [3.8, 4) is 5.82 Å². The largest absolute Gasteiger partial charge is 0.357 e. The van der Waals surface area contributed by atoms with E-state index in [2.05, 4.69) is 25.7 Å². The molecule has 0 saturated heterocycles. The van der Waals surface area contributed by atoms with Gasteiger partial charge in [-0.25, -0.2) is 19.0 Å². The van der Waals surface area contributed by atoms with Gasteiger partial charge in [-0.1, -0.05) is 12.1 Å². The molecule has 0 amide bonds. The first-order valence-corrected chi connectivity index (χ1v) is 8.96. The molecule has 3 aromatic rings. The Bertz CT molecular complexity index is 882. The summed E-state index contributed by atoms with van der Waals surface area (Å²) in [4.78, 5) is 8.94. The molecule has 0 saturated carbocycles. The van der Waals surface area contributed by atoms with Gasteiger partial charge in [0, 0.05) is 31.7 Å². The van der Waals surface area contributed by atoms with E-state index < -0.39 is 0 Å². The van der Waals surface area contributed by atoms with E-state index in [-0.39, 0.29) is 29.8 Å². The number of guanidine groups is 1.